The van der Waals surface area contributed by atoms with E-state index in [1.807, 2.05) is 33.8 Å². The predicted molar refractivity (Wildman–Crippen MR) is 123 cm³/mol. The summed E-state index contributed by atoms with van der Waals surface area (Å²) >= 11 is 0. The third-order valence-electron chi connectivity index (χ3n) is 5.09. The molecule has 0 saturated heterocycles. The van der Waals surface area contributed by atoms with Crippen molar-refractivity contribution in [1.82, 2.24) is 9.88 Å². The van der Waals surface area contributed by atoms with Gasteiger partial charge in [-0.25, -0.2) is 17.6 Å². The first-order valence-electron chi connectivity index (χ1n) is 10.6. The van der Waals surface area contributed by atoms with Crippen molar-refractivity contribution < 1.29 is 27.1 Å². The Bertz CT molecular complexity index is 1150. The Balaban J connectivity index is 1.66. The molecule has 7 nitrogen and oxygen atoms in total. The summed E-state index contributed by atoms with van der Waals surface area (Å²) in [5, 5.41) is 0. The van der Waals surface area contributed by atoms with Crippen LogP contribution in [0.15, 0.2) is 47.5 Å². The lowest BCUT2D eigenvalue weighted by atomic mass is 9.91. The van der Waals surface area contributed by atoms with Crippen LogP contribution in [-0.2, 0) is 21.2 Å². The monoisotopic (exact) mass is 476 g/mol. The highest BCUT2D eigenvalue weighted by Gasteiger charge is 2.27. The van der Waals surface area contributed by atoms with Gasteiger partial charge in [-0.1, -0.05) is 13.0 Å². The second-order valence-electron chi connectivity index (χ2n) is 9.13. The highest BCUT2D eigenvalue weighted by atomic mass is 32.2. The summed E-state index contributed by atoms with van der Waals surface area (Å²) in [6, 6.07) is 7.34. The maximum absolute atomic E-state index is 14.7. The molecule has 0 aliphatic carbocycles. The van der Waals surface area contributed by atoms with Crippen LogP contribution in [0.25, 0.3) is 5.57 Å². The molecule has 0 N–H and O–H groups in total. The molecule has 1 aliphatic rings. The molecule has 0 radical (unpaired) electrons. The number of sulfone groups is 1. The fourth-order valence-corrected chi connectivity index (χ4v) is 4.09. The SMILES string of the molecule is CC1CN(C(=O)OC(C)(C)C)CC=C1c1cnc(COc2ccc(S(C)(=O)=O)cc2)c(F)c1. The second kappa shape index (κ2) is 9.51. The van der Waals surface area contributed by atoms with E-state index in [1.54, 1.807) is 11.1 Å². The lowest BCUT2D eigenvalue weighted by molar-refractivity contribution is 0.0251. The van der Waals surface area contributed by atoms with Crippen LogP contribution >= 0.6 is 0 Å². The maximum Gasteiger partial charge on any atom is 0.410 e. The maximum atomic E-state index is 14.7. The van der Waals surface area contributed by atoms with E-state index in [2.05, 4.69) is 4.98 Å². The summed E-state index contributed by atoms with van der Waals surface area (Å²) in [7, 11) is -3.29. The minimum atomic E-state index is -3.29. The molecule has 9 heteroatoms. The summed E-state index contributed by atoms with van der Waals surface area (Å²) in [5.74, 6) is -0.0932. The number of benzene rings is 1. The molecule has 2 aromatic rings. The molecule has 3 rings (SSSR count). The van der Waals surface area contributed by atoms with Gasteiger partial charge >= 0.3 is 6.09 Å². The molecular formula is C24H29FN2O5S. The molecule has 1 amide bonds. The Morgan fingerprint density at radius 2 is 1.91 bits per heavy atom. The lowest BCUT2D eigenvalue weighted by Crippen LogP contribution is -2.41. The van der Waals surface area contributed by atoms with Crippen LogP contribution in [0.3, 0.4) is 0 Å². The highest BCUT2D eigenvalue weighted by Crippen LogP contribution is 2.29. The molecule has 2 heterocycles. The van der Waals surface area contributed by atoms with E-state index in [0.717, 1.165) is 11.8 Å². The van der Waals surface area contributed by atoms with E-state index < -0.39 is 21.3 Å². The van der Waals surface area contributed by atoms with Crippen molar-refractivity contribution in [2.45, 2.75) is 44.8 Å². The third kappa shape index (κ3) is 6.54. The topological polar surface area (TPSA) is 85.8 Å². The fraction of sp³-hybridized carbons (Fsp3) is 0.417. The number of carbonyl (C=O) groups excluding carboxylic acids is 1. The van der Waals surface area contributed by atoms with Gasteiger partial charge in [-0.05, 0) is 68.2 Å². The minimum Gasteiger partial charge on any atom is -0.487 e. The average Bonchev–Trinajstić information content (AvgIpc) is 2.71. The van der Waals surface area contributed by atoms with Crippen molar-refractivity contribution in [1.29, 1.82) is 0 Å². The summed E-state index contributed by atoms with van der Waals surface area (Å²) in [6.07, 6.45) is 4.25. The number of amides is 1. The van der Waals surface area contributed by atoms with E-state index in [1.165, 1.54) is 30.3 Å². The Labute approximate surface area is 194 Å². The van der Waals surface area contributed by atoms with E-state index in [-0.39, 0.29) is 29.2 Å². The number of aromatic nitrogens is 1. The zero-order valence-electron chi connectivity index (χ0n) is 19.5. The molecule has 33 heavy (non-hydrogen) atoms. The van der Waals surface area contributed by atoms with Crippen LogP contribution < -0.4 is 4.74 Å². The van der Waals surface area contributed by atoms with Crippen molar-refractivity contribution >= 4 is 21.5 Å². The van der Waals surface area contributed by atoms with Gasteiger partial charge in [-0.2, -0.15) is 0 Å². The number of pyridine rings is 1. The zero-order chi connectivity index (χ0) is 24.4. The van der Waals surface area contributed by atoms with Crippen LogP contribution in [0.1, 0.15) is 39.0 Å². The Morgan fingerprint density at radius 3 is 2.45 bits per heavy atom. The quantitative estimate of drug-likeness (QED) is 0.633. The van der Waals surface area contributed by atoms with Crippen molar-refractivity contribution in [3.8, 4) is 5.75 Å². The van der Waals surface area contributed by atoms with Crippen LogP contribution in [0.4, 0.5) is 9.18 Å². The molecule has 0 saturated carbocycles. The summed E-state index contributed by atoms with van der Waals surface area (Å²) in [4.78, 5) is 18.3. The number of ether oxygens (including phenoxy) is 2. The molecule has 1 aromatic heterocycles. The second-order valence-corrected chi connectivity index (χ2v) is 11.1. The first-order chi connectivity index (χ1) is 15.3. The first kappa shape index (κ1) is 24.7. The molecule has 0 bridgehead atoms. The van der Waals surface area contributed by atoms with Crippen molar-refractivity contribution in [3.05, 3.63) is 59.7 Å². The molecular weight excluding hydrogens is 447 g/mol. The number of nitrogens with zero attached hydrogens (tertiary/aromatic N) is 2. The predicted octanol–water partition coefficient (Wildman–Crippen LogP) is 4.47. The highest BCUT2D eigenvalue weighted by molar-refractivity contribution is 7.90. The standard InChI is InChI=1S/C24H29FN2O5S/c1-16-14-27(23(28)32-24(2,3)4)11-10-20(16)17-12-21(25)22(26-13-17)15-31-18-6-8-19(9-7-18)33(5,29)30/h6-10,12-13,16H,11,14-15H2,1-5H3. The largest absolute Gasteiger partial charge is 0.487 e. The average molecular weight is 477 g/mol. The van der Waals surface area contributed by atoms with Crippen LogP contribution in [0.5, 0.6) is 5.75 Å². The van der Waals surface area contributed by atoms with Gasteiger partial charge in [0.25, 0.3) is 0 Å². The van der Waals surface area contributed by atoms with E-state index in [0.29, 0.717) is 24.4 Å². The van der Waals surface area contributed by atoms with Crippen molar-refractivity contribution in [3.63, 3.8) is 0 Å². The van der Waals surface area contributed by atoms with Crippen LogP contribution in [0, 0.1) is 11.7 Å². The van der Waals surface area contributed by atoms with E-state index in [4.69, 9.17) is 9.47 Å². The number of hydrogen-bond acceptors (Lipinski definition) is 6. The molecule has 0 fully saturated rings. The molecule has 0 spiro atoms. The van der Waals surface area contributed by atoms with Gasteiger partial charge in [0.2, 0.25) is 0 Å². The van der Waals surface area contributed by atoms with Gasteiger partial charge in [-0.15, -0.1) is 0 Å². The van der Waals surface area contributed by atoms with Gasteiger partial charge < -0.3 is 14.4 Å². The minimum absolute atomic E-state index is 0.0112. The Hall–Kier alpha value is -2.94. The van der Waals surface area contributed by atoms with Crippen LogP contribution in [0.2, 0.25) is 0 Å². The zero-order valence-corrected chi connectivity index (χ0v) is 20.3. The summed E-state index contributed by atoms with van der Waals surface area (Å²) in [6.45, 7) is 8.20. The summed E-state index contributed by atoms with van der Waals surface area (Å²) < 4.78 is 48.8. The van der Waals surface area contributed by atoms with Gasteiger partial charge in [0.05, 0.1) is 4.90 Å². The normalized spacial score (nSPS) is 16.8. The van der Waals surface area contributed by atoms with Gasteiger partial charge in [0.15, 0.2) is 9.84 Å². The molecule has 1 atom stereocenters. The van der Waals surface area contributed by atoms with Crippen molar-refractivity contribution in [2.75, 3.05) is 19.3 Å². The number of carbonyl (C=O) groups is 1. The summed E-state index contributed by atoms with van der Waals surface area (Å²) in [5.41, 5.74) is 1.16. The number of halogens is 1. The van der Waals surface area contributed by atoms with E-state index in [9.17, 15) is 17.6 Å². The lowest BCUT2D eigenvalue weighted by Gasteiger charge is -2.33. The first-order valence-corrected chi connectivity index (χ1v) is 12.5. The van der Waals surface area contributed by atoms with E-state index >= 15 is 0 Å². The van der Waals surface area contributed by atoms with Crippen LogP contribution in [-0.4, -0.2) is 49.3 Å². The number of rotatable bonds is 5. The van der Waals surface area contributed by atoms with Gasteiger partial charge in [-0.3, -0.25) is 4.98 Å². The molecule has 178 valence electrons. The van der Waals surface area contributed by atoms with Crippen molar-refractivity contribution in [2.24, 2.45) is 5.92 Å². The molecule has 1 aliphatic heterocycles. The fourth-order valence-electron chi connectivity index (χ4n) is 3.46. The molecule has 1 aromatic carbocycles. The Kier molecular flexibility index (Phi) is 7.11. The number of hydrogen-bond donors (Lipinski definition) is 0. The van der Waals surface area contributed by atoms with Gasteiger partial charge in [0, 0.05) is 25.5 Å². The Morgan fingerprint density at radius 1 is 1.24 bits per heavy atom. The third-order valence-corrected chi connectivity index (χ3v) is 6.22. The smallest absolute Gasteiger partial charge is 0.410 e. The van der Waals surface area contributed by atoms with Gasteiger partial charge in [0.1, 0.15) is 29.5 Å². The molecule has 1 unspecified atom stereocenters.